The van der Waals surface area contributed by atoms with Crippen LogP contribution in [0.4, 0.5) is 11.4 Å². The Hall–Kier alpha value is -5.12. The first-order valence-corrected chi connectivity index (χ1v) is 24.9. The van der Waals surface area contributed by atoms with E-state index in [0.717, 1.165) is 13.1 Å². The van der Waals surface area contributed by atoms with Crippen LogP contribution in [0.1, 0.15) is 113 Å². The Morgan fingerprint density at radius 3 is 1.58 bits per heavy atom. The van der Waals surface area contributed by atoms with Gasteiger partial charge in [-0.2, -0.15) is 0 Å². The minimum absolute atomic E-state index is 0.0159. The van der Waals surface area contributed by atoms with Crippen molar-refractivity contribution >= 4 is 11.4 Å². The molecule has 0 N–H and O–H groups in total. The van der Waals surface area contributed by atoms with Crippen LogP contribution in [0.25, 0.3) is 11.1 Å². The van der Waals surface area contributed by atoms with Crippen LogP contribution < -0.4 is 9.80 Å². The molecule has 326 valence electrons. The standard InChI is InChI=1S/C61H67N3/c1-56-31-35-59(36-32-56,49-20-10-5-11-21-49)43-62(56)42-52-40-60(50-22-12-6-13-23-50)37-33-57(52,2)64(44-60)54-26-16-19-48(39-54)55-41-61(51-29-27-47(28-30-51)46-17-8-4-9-18-46)38-34-58(55,3)63(45-61)53-24-14-7-15-25-53/h4-30,39,52,55H,31-38,40-45H2,1-3H3. The Kier molecular flexibility index (Phi) is 9.44. The van der Waals surface area contributed by atoms with Crippen molar-refractivity contribution < 1.29 is 0 Å². The average Bonchev–Trinajstić information content (AvgIpc) is 3.36. The molecule has 6 aromatic carbocycles. The maximum atomic E-state index is 3.01. The summed E-state index contributed by atoms with van der Waals surface area (Å²) in [5, 5.41) is 0. The number of benzene rings is 6. The third-order valence-corrected chi connectivity index (χ3v) is 19.2. The second-order valence-electron chi connectivity index (χ2n) is 22.4. The zero-order valence-corrected chi connectivity index (χ0v) is 38.6. The van der Waals surface area contributed by atoms with Crippen LogP contribution in [-0.4, -0.2) is 47.7 Å². The molecule has 9 aliphatic rings. The van der Waals surface area contributed by atoms with Crippen LogP contribution >= 0.6 is 0 Å². The van der Waals surface area contributed by atoms with Gasteiger partial charge in [0.05, 0.1) is 0 Å². The molecule has 6 heterocycles. The number of hydrogen-bond donors (Lipinski definition) is 0. The number of hydrogen-bond acceptors (Lipinski definition) is 3. The molecule has 6 unspecified atom stereocenters. The van der Waals surface area contributed by atoms with E-state index in [1.54, 1.807) is 11.1 Å². The van der Waals surface area contributed by atoms with Gasteiger partial charge in [0.2, 0.25) is 0 Å². The van der Waals surface area contributed by atoms with Gasteiger partial charge in [0.1, 0.15) is 0 Å². The molecule has 6 aliphatic heterocycles. The summed E-state index contributed by atoms with van der Waals surface area (Å²) in [5.41, 5.74) is 12.4. The van der Waals surface area contributed by atoms with Crippen molar-refractivity contribution in [1.29, 1.82) is 0 Å². The fourth-order valence-electron chi connectivity index (χ4n) is 15.0. The molecule has 6 atom stereocenters. The molecule has 6 saturated heterocycles. The maximum absolute atomic E-state index is 3.01. The molecule has 3 heteroatoms. The van der Waals surface area contributed by atoms with E-state index in [2.05, 4.69) is 205 Å². The van der Waals surface area contributed by atoms with Gasteiger partial charge in [-0.05, 0) is 149 Å². The molecular weight excluding hydrogens is 775 g/mol. The first kappa shape index (κ1) is 40.4. The van der Waals surface area contributed by atoms with E-state index >= 15 is 0 Å². The number of rotatable bonds is 9. The quantitative estimate of drug-likeness (QED) is 0.144. The maximum Gasteiger partial charge on any atom is 0.0443 e. The van der Waals surface area contributed by atoms with Gasteiger partial charge < -0.3 is 9.80 Å². The summed E-state index contributed by atoms with van der Waals surface area (Å²) >= 11 is 0. The third-order valence-electron chi connectivity index (χ3n) is 19.2. The summed E-state index contributed by atoms with van der Waals surface area (Å²) in [6.45, 7) is 12.4. The minimum atomic E-state index is 0.0159. The zero-order chi connectivity index (χ0) is 43.2. The third kappa shape index (κ3) is 6.30. The lowest BCUT2D eigenvalue weighted by atomic mass is 9.53. The molecule has 0 amide bonds. The molecule has 3 nitrogen and oxygen atoms in total. The van der Waals surface area contributed by atoms with Crippen molar-refractivity contribution in [3.8, 4) is 11.1 Å². The van der Waals surface area contributed by atoms with Crippen molar-refractivity contribution in [2.45, 2.75) is 124 Å². The van der Waals surface area contributed by atoms with E-state index in [0.29, 0.717) is 11.8 Å². The van der Waals surface area contributed by atoms with Crippen molar-refractivity contribution in [3.05, 3.63) is 192 Å². The molecule has 0 radical (unpaired) electrons. The van der Waals surface area contributed by atoms with E-state index in [1.165, 1.54) is 111 Å². The summed E-state index contributed by atoms with van der Waals surface area (Å²) in [6, 6.07) is 65.3. The second-order valence-corrected chi connectivity index (χ2v) is 22.4. The number of para-hydroxylation sites is 1. The van der Waals surface area contributed by atoms with Gasteiger partial charge in [-0.1, -0.05) is 146 Å². The number of piperidine rings is 6. The van der Waals surface area contributed by atoms with Crippen LogP contribution in [0.5, 0.6) is 0 Å². The van der Waals surface area contributed by atoms with Crippen molar-refractivity contribution in [3.63, 3.8) is 0 Å². The van der Waals surface area contributed by atoms with Crippen LogP contribution in [0.2, 0.25) is 0 Å². The summed E-state index contributed by atoms with van der Waals surface area (Å²) in [5.74, 6) is 0.970. The van der Waals surface area contributed by atoms with Crippen LogP contribution in [0, 0.1) is 5.92 Å². The van der Waals surface area contributed by atoms with E-state index in [4.69, 9.17) is 0 Å². The summed E-state index contributed by atoms with van der Waals surface area (Å²) in [7, 11) is 0. The Labute approximate surface area is 383 Å². The second kappa shape index (κ2) is 15.0. The smallest absolute Gasteiger partial charge is 0.0443 e. The van der Waals surface area contributed by atoms with Gasteiger partial charge in [-0.3, -0.25) is 4.90 Å². The number of fused-ring (bicyclic) bond motifs is 9. The molecule has 0 aromatic heterocycles. The zero-order valence-electron chi connectivity index (χ0n) is 38.6. The van der Waals surface area contributed by atoms with Crippen LogP contribution in [-0.2, 0) is 16.2 Å². The number of nitrogens with zero attached hydrogens (tertiary/aromatic N) is 3. The molecule has 3 saturated carbocycles. The molecule has 64 heavy (non-hydrogen) atoms. The molecule has 6 aromatic rings. The van der Waals surface area contributed by atoms with E-state index < -0.39 is 0 Å². The minimum Gasteiger partial charge on any atom is -0.365 e. The van der Waals surface area contributed by atoms with Crippen molar-refractivity contribution in [2.75, 3.05) is 36.0 Å². The molecule has 3 aliphatic carbocycles. The lowest BCUT2D eigenvalue weighted by molar-refractivity contribution is -0.0683. The molecular formula is C61H67N3. The summed E-state index contributed by atoms with van der Waals surface area (Å²) < 4.78 is 0. The van der Waals surface area contributed by atoms with Gasteiger partial charge in [0.15, 0.2) is 0 Å². The first-order chi connectivity index (χ1) is 31.1. The van der Waals surface area contributed by atoms with Crippen LogP contribution in [0.3, 0.4) is 0 Å². The Morgan fingerprint density at radius 1 is 0.422 bits per heavy atom. The Balaban J connectivity index is 0.913. The van der Waals surface area contributed by atoms with Gasteiger partial charge >= 0.3 is 0 Å². The summed E-state index contributed by atoms with van der Waals surface area (Å²) in [4.78, 5) is 8.79. The fourth-order valence-corrected chi connectivity index (χ4v) is 15.0. The van der Waals surface area contributed by atoms with E-state index in [-0.39, 0.29) is 32.9 Å². The monoisotopic (exact) mass is 842 g/mol. The average molecular weight is 842 g/mol. The lowest BCUT2D eigenvalue weighted by Gasteiger charge is -2.66. The van der Waals surface area contributed by atoms with Gasteiger partial charge in [-0.25, -0.2) is 0 Å². The van der Waals surface area contributed by atoms with E-state index in [9.17, 15) is 0 Å². The predicted molar refractivity (Wildman–Crippen MR) is 267 cm³/mol. The normalized spacial score (nSPS) is 34.3. The first-order valence-electron chi connectivity index (χ1n) is 24.9. The lowest BCUT2D eigenvalue weighted by Crippen LogP contribution is -2.71. The SMILES string of the molecule is CC12CCC(c3ccccc3)(CC1)CN2CC1CC2(c3ccccc3)CCC1(C)N(c1cccc(C3CC4(c5ccc(-c6ccccc6)cc5)CCC3(C)N(c3ccccc3)C4)c1)C2. The van der Waals surface area contributed by atoms with Gasteiger partial charge in [-0.15, -0.1) is 0 Å². The van der Waals surface area contributed by atoms with E-state index in [1.807, 2.05) is 0 Å². The predicted octanol–water partition coefficient (Wildman–Crippen LogP) is 13.7. The highest BCUT2D eigenvalue weighted by Gasteiger charge is 2.60. The Bertz CT molecular complexity index is 2600. The topological polar surface area (TPSA) is 9.72 Å². The van der Waals surface area contributed by atoms with Crippen molar-refractivity contribution in [2.24, 2.45) is 5.92 Å². The number of anilines is 2. The fraction of sp³-hybridized carbons (Fsp3) is 0.410. The molecule has 6 bridgehead atoms. The summed E-state index contributed by atoms with van der Waals surface area (Å²) in [6.07, 6.45) is 12.6. The molecule has 15 rings (SSSR count). The van der Waals surface area contributed by atoms with Gasteiger partial charge in [0.25, 0.3) is 0 Å². The Morgan fingerprint density at radius 2 is 0.922 bits per heavy atom. The highest BCUT2D eigenvalue weighted by atomic mass is 15.3. The molecule has 0 spiro atoms. The largest absolute Gasteiger partial charge is 0.365 e. The molecule has 9 fully saturated rings. The van der Waals surface area contributed by atoms with Crippen molar-refractivity contribution in [1.82, 2.24) is 4.90 Å². The highest BCUT2D eigenvalue weighted by molar-refractivity contribution is 5.65. The highest BCUT2D eigenvalue weighted by Crippen LogP contribution is 2.61. The van der Waals surface area contributed by atoms with Gasteiger partial charge in [0, 0.05) is 76.3 Å². The van der Waals surface area contributed by atoms with Crippen LogP contribution in [0.15, 0.2) is 170 Å².